The summed E-state index contributed by atoms with van der Waals surface area (Å²) >= 11 is 0. The van der Waals surface area contributed by atoms with E-state index in [2.05, 4.69) is 24.5 Å². The number of carbonyl (C=O) groups excluding carboxylic acids is 3. The second kappa shape index (κ2) is 19.3. The Balaban J connectivity index is 1.54. The number of phenols is 1. The summed E-state index contributed by atoms with van der Waals surface area (Å²) in [4.78, 5) is 39.2. The van der Waals surface area contributed by atoms with Crippen molar-refractivity contribution in [1.82, 2.24) is 10.6 Å². The van der Waals surface area contributed by atoms with Gasteiger partial charge in [-0.3, -0.25) is 9.59 Å². The minimum absolute atomic E-state index is 0.0647. The Bertz CT molecular complexity index is 1440. The van der Waals surface area contributed by atoms with Crippen LogP contribution in [0.15, 0.2) is 66.3 Å². The Morgan fingerprint density at radius 1 is 0.939 bits per heavy atom. The minimum Gasteiger partial charge on any atom is -0.508 e. The Morgan fingerprint density at radius 3 is 2.37 bits per heavy atom. The molecule has 266 valence electrons. The Kier molecular flexibility index (Phi) is 14.9. The zero-order chi connectivity index (χ0) is 35.1. The minimum atomic E-state index is -0.832. The molecule has 4 N–H and O–H groups in total. The standard InChI is InChI=1S/C39H52N2O8/c1-3-5-11-21-39(22-12-6-4-2)48-34-27-30(37(45)41-23-20-35(44)40-24-25-42)26-33(36(34)49-39)47-38(46)31-18-9-7-14-28(31)16-13-17-29-15-8-10-19-32(29)43/h7-10,13-16,18-19,27,33-34,36,42-43H,3-6,11-12,17,20-26H2,1-2H3,(H,40,44)(H,41,45). The Morgan fingerprint density at radius 2 is 1.65 bits per heavy atom. The summed E-state index contributed by atoms with van der Waals surface area (Å²) in [6, 6.07) is 14.3. The van der Waals surface area contributed by atoms with Crippen molar-refractivity contribution in [3.8, 4) is 5.75 Å². The van der Waals surface area contributed by atoms with Gasteiger partial charge >= 0.3 is 5.97 Å². The molecule has 0 bridgehead atoms. The number of para-hydroxylation sites is 1. The second-order valence-electron chi connectivity index (χ2n) is 12.7. The van der Waals surface area contributed by atoms with Crippen molar-refractivity contribution in [3.63, 3.8) is 0 Å². The first-order valence-corrected chi connectivity index (χ1v) is 17.7. The van der Waals surface area contributed by atoms with Gasteiger partial charge in [-0.1, -0.05) is 88.1 Å². The lowest BCUT2D eigenvalue weighted by Crippen LogP contribution is -2.44. The summed E-state index contributed by atoms with van der Waals surface area (Å²) in [7, 11) is 0. The molecule has 0 aromatic heterocycles. The first-order valence-electron chi connectivity index (χ1n) is 17.7. The molecule has 10 heteroatoms. The molecule has 2 amide bonds. The van der Waals surface area contributed by atoms with E-state index in [1.165, 1.54) is 0 Å². The molecule has 1 aliphatic heterocycles. The van der Waals surface area contributed by atoms with Gasteiger partial charge in [0.05, 0.1) is 12.2 Å². The number of hydrogen-bond donors (Lipinski definition) is 4. The van der Waals surface area contributed by atoms with Crippen LogP contribution < -0.4 is 10.6 Å². The zero-order valence-corrected chi connectivity index (χ0v) is 28.8. The number of phenolic OH excluding ortho intramolecular Hbond substituents is 1. The molecular weight excluding hydrogens is 624 g/mol. The summed E-state index contributed by atoms with van der Waals surface area (Å²) in [5.74, 6) is -1.79. The molecule has 1 aliphatic carbocycles. The number of carbonyl (C=O) groups is 3. The average molecular weight is 677 g/mol. The van der Waals surface area contributed by atoms with Crippen LogP contribution in [-0.4, -0.2) is 71.8 Å². The van der Waals surface area contributed by atoms with Gasteiger partial charge in [0.15, 0.2) is 5.79 Å². The van der Waals surface area contributed by atoms with Crippen LogP contribution in [0.25, 0.3) is 6.08 Å². The predicted molar refractivity (Wildman–Crippen MR) is 188 cm³/mol. The van der Waals surface area contributed by atoms with Crippen molar-refractivity contribution in [2.45, 2.75) is 109 Å². The molecule has 2 aromatic carbocycles. The Hall–Kier alpha value is -3.99. The number of amides is 2. The monoisotopic (exact) mass is 676 g/mol. The normalized spacial score (nSPS) is 19.7. The van der Waals surface area contributed by atoms with Crippen LogP contribution in [-0.2, 0) is 30.2 Å². The van der Waals surface area contributed by atoms with Gasteiger partial charge in [-0.05, 0) is 48.6 Å². The van der Waals surface area contributed by atoms with E-state index in [1.54, 1.807) is 30.3 Å². The van der Waals surface area contributed by atoms with Crippen LogP contribution in [0.5, 0.6) is 5.75 Å². The zero-order valence-electron chi connectivity index (χ0n) is 28.8. The maximum Gasteiger partial charge on any atom is 0.339 e. The predicted octanol–water partition coefficient (Wildman–Crippen LogP) is 5.76. The fraction of sp³-hybridized carbons (Fsp3) is 0.513. The lowest BCUT2D eigenvalue weighted by atomic mass is 9.91. The van der Waals surface area contributed by atoms with Crippen molar-refractivity contribution in [3.05, 3.63) is 82.9 Å². The SMILES string of the molecule is CCCCCC1(CCCCC)OC2C=C(C(=O)NCCC(=O)NCCO)CC(OC(=O)c3ccccc3C=CCc3ccccc3O)C2O1. The van der Waals surface area contributed by atoms with Gasteiger partial charge in [-0.15, -0.1) is 0 Å². The van der Waals surface area contributed by atoms with Gasteiger partial charge in [0.25, 0.3) is 0 Å². The molecule has 1 fully saturated rings. The molecule has 3 unspecified atom stereocenters. The molecule has 1 heterocycles. The van der Waals surface area contributed by atoms with Gasteiger partial charge in [0, 0.05) is 44.3 Å². The number of aliphatic hydroxyl groups is 1. The summed E-state index contributed by atoms with van der Waals surface area (Å²) in [5.41, 5.74) is 2.22. The molecule has 2 aromatic rings. The fourth-order valence-corrected chi connectivity index (χ4v) is 6.31. The molecule has 3 atom stereocenters. The van der Waals surface area contributed by atoms with E-state index in [1.807, 2.05) is 36.4 Å². The van der Waals surface area contributed by atoms with Gasteiger partial charge in [-0.2, -0.15) is 0 Å². The molecule has 0 spiro atoms. The first-order chi connectivity index (χ1) is 23.8. The number of aliphatic hydroxyl groups excluding tert-OH is 1. The van der Waals surface area contributed by atoms with Crippen LogP contribution >= 0.6 is 0 Å². The third kappa shape index (κ3) is 11.0. The summed E-state index contributed by atoms with van der Waals surface area (Å²) in [6.45, 7) is 4.41. The highest BCUT2D eigenvalue weighted by Crippen LogP contribution is 2.43. The van der Waals surface area contributed by atoms with Gasteiger partial charge < -0.3 is 35.1 Å². The summed E-state index contributed by atoms with van der Waals surface area (Å²) < 4.78 is 19.6. The topological polar surface area (TPSA) is 143 Å². The highest BCUT2D eigenvalue weighted by Gasteiger charge is 2.52. The van der Waals surface area contributed by atoms with Crippen LogP contribution in [0.4, 0.5) is 0 Å². The summed E-state index contributed by atoms with van der Waals surface area (Å²) in [6.07, 6.45) is 11.7. The fourth-order valence-electron chi connectivity index (χ4n) is 6.31. The maximum atomic E-state index is 13.8. The number of fused-ring (bicyclic) bond motifs is 1. The highest BCUT2D eigenvalue weighted by molar-refractivity contribution is 5.95. The molecule has 0 radical (unpaired) electrons. The molecule has 1 saturated heterocycles. The number of aromatic hydroxyl groups is 1. The van der Waals surface area contributed by atoms with E-state index in [0.29, 0.717) is 36.0 Å². The van der Waals surface area contributed by atoms with Crippen molar-refractivity contribution >= 4 is 23.9 Å². The van der Waals surface area contributed by atoms with Crippen LogP contribution in [0, 0.1) is 0 Å². The lowest BCUT2D eigenvalue weighted by Gasteiger charge is -2.31. The largest absolute Gasteiger partial charge is 0.508 e. The van der Waals surface area contributed by atoms with E-state index < -0.39 is 30.1 Å². The third-order valence-corrected chi connectivity index (χ3v) is 8.93. The first kappa shape index (κ1) is 37.8. The molecule has 2 aliphatic rings. The molecular formula is C39H52N2O8. The Labute approximate surface area is 289 Å². The number of allylic oxidation sites excluding steroid dienone is 1. The van der Waals surface area contributed by atoms with E-state index in [-0.39, 0.29) is 50.1 Å². The van der Waals surface area contributed by atoms with Crippen molar-refractivity contribution in [1.29, 1.82) is 0 Å². The van der Waals surface area contributed by atoms with Gasteiger partial charge in [0.1, 0.15) is 24.1 Å². The van der Waals surface area contributed by atoms with Crippen LogP contribution in [0.3, 0.4) is 0 Å². The number of ether oxygens (including phenoxy) is 3. The molecule has 4 rings (SSSR count). The van der Waals surface area contributed by atoms with E-state index in [4.69, 9.17) is 19.3 Å². The van der Waals surface area contributed by atoms with Crippen molar-refractivity contribution < 1.29 is 38.8 Å². The number of esters is 1. The lowest BCUT2D eigenvalue weighted by molar-refractivity contribution is -0.190. The highest BCUT2D eigenvalue weighted by atomic mass is 16.8. The quantitative estimate of drug-likeness (QED) is 0.109. The van der Waals surface area contributed by atoms with Crippen LogP contribution in [0.2, 0.25) is 0 Å². The van der Waals surface area contributed by atoms with Gasteiger partial charge in [-0.25, -0.2) is 4.79 Å². The number of hydrogen-bond acceptors (Lipinski definition) is 8. The summed E-state index contributed by atoms with van der Waals surface area (Å²) in [5, 5.41) is 24.5. The van der Waals surface area contributed by atoms with E-state index >= 15 is 0 Å². The number of nitrogens with one attached hydrogen (secondary N) is 2. The van der Waals surface area contributed by atoms with Crippen molar-refractivity contribution in [2.75, 3.05) is 19.7 Å². The van der Waals surface area contributed by atoms with Crippen molar-refractivity contribution in [2.24, 2.45) is 0 Å². The smallest absolute Gasteiger partial charge is 0.339 e. The number of benzene rings is 2. The third-order valence-electron chi connectivity index (χ3n) is 8.93. The van der Waals surface area contributed by atoms with Crippen LogP contribution in [0.1, 0.15) is 99.5 Å². The van der Waals surface area contributed by atoms with Gasteiger partial charge in [0.2, 0.25) is 11.8 Å². The number of rotatable bonds is 19. The second-order valence-corrected chi connectivity index (χ2v) is 12.7. The molecule has 49 heavy (non-hydrogen) atoms. The number of unbranched alkanes of at least 4 members (excludes halogenated alkanes) is 4. The van der Waals surface area contributed by atoms with E-state index in [0.717, 1.165) is 44.1 Å². The maximum absolute atomic E-state index is 13.8. The molecule has 0 saturated carbocycles. The van der Waals surface area contributed by atoms with E-state index in [9.17, 15) is 19.5 Å². The molecule has 10 nitrogen and oxygen atoms in total. The average Bonchev–Trinajstić information content (AvgIpc) is 3.47.